The second-order valence-corrected chi connectivity index (χ2v) is 4.37. The number of methoxy groups -OCH3 is 1. The van der Waals surface area contributed by atoms with Gasteiger partial charge in [-0.25, -0.2) is 4.79 Å². The number of aromatic hydroxyl groups is 1. The number of carbonyl (C=O) groups is 1. The molecule has 0 aliphatic heterocycles. The van der Waals surface area contributed by atoms with Crippen LogP contribution in [0.3, 0.4) is 0 Å². The molecule has 0 saturated carbocycles. The highest BCUT2D eigenvalue weighted by molar-refractivity contribution is 5.99. The van der Waals surface area contributed by atoms with Gasteiger partial charge in [-0.05, 0) is 35.4 Å². The first-order chi connectivity index (χ1) is 9.69. The van der Waals surface area contributed by atoms with Crippen LogP contribution in [0.4, 0.5) is 0 Å². The summed E-state index contributed by atoms with van der Waals surface area (Å²) >= 11 is 0. The lowest BCUT2D eigenvalue weighted by atomic mass is 10.0. The van der Waals surface area contributed by atoms with E-state index in [-0.39, 0.29) is 11.5 Å². The second kappa shape index (κ2) is 4.74. The van der Waals surface area contributed by atoms with E-state index in [1.54, 1.807) is 24.3 Å². The molecule has 1 N–H and O–H groups in total. The summed E-state index contributed by atoms with van der Waals surface area (Å²) < 4.78 is 10.1. The minimum Gasteiger partial charge on any atom is -0.508 e. The summed E-state index contributed by atoms with van der Waals surface area (Å²) in [6.07, 6.45) is 0. The Hall–Kier alpha value is -2.75. The standard InChI is InChI=1S/C16H12O4/c1-19-16(18)15-9-13-12(3-2-4-14(13)20-15)10-5-7-11(17)8-6-10/h2-9,17H,1H3. The van der Waals surface area contributed by atoms with Crippen LogP contribution in [0.2, 0.25) is 0 Å². The van der Waals surface area contributed by atoms with E-state index in [4.69, 9.17) is 4.42 Å². The molecule has 3 rings (SSSR count). The predicted octanol–water partition coefficient (Wildman–Crippen LogP) is 3.59. The van der Waals surface area contributed by atoms with Crippen molar-refractivity contribution in [3.8, 4) is 16.9 Å². The largest absolute Gasteiger partial charge is 0.508 e. The highest BCUT2D eigenvalue weighted by Gasteiger charge is 2.14. The van der Waals surface area contributed by atoms with Crippen LogP contribution in [-0.2, 0) is 4.74 Å². The van der Waals surface area contributed by atoms with Crippen molar-refractivity contribution in [2.75, 3.05) is 7.11 Å². The van der Waals surface area contributed by atoms with E-state index >= 15 is 0 Å². The van der Waals surface area contributed by atoms with Gasteiger partial charge in [-0.1, -0.05) is 24.3 Å². The molecule has 2 aromatic carbocycles. The van der Waals surface area contributed by atoms with E-state index in [1.165, 1.54) is 7.11 Å². The average molecular weight is 268 g/mol. The lowest BCUT2D eigenvalue weighted by molar-refractivity contribution is 0.0567. The molecule has 0 aliphatic rings. The molecule has 0 unspecified atom stereocenters. The number of phenolic OH excluding ortho intramolecular Hbond substituents is 1. The molecule has 1 aromatic heterocycles. The zero-order chi connectivity index (χ0) is 14.1. The van der Waals surface area contributed by atoms with E-state index in [9.17, 15) is 9.90 Å². The molecule has 0 fully saturated rings. The number of fused-ring (bicyclic) bond motifs is 1. The topological polar surface area (TPSA) is 59.7 Å². The maximum absolute atomic E-state index is 11.5. The van der Waals surface area contributed by atoms with E-state index < -0.39 is 5.97 Å². The second-order valence-electron chi connectivity index (χ2n) is 4.37. The van der Waals surface area contributed by atoms with Crippen LogP contribution in [0, 0.1) is 0 Å². The van der Waals surface area contributed by atoms with Crippen molar-refractivity contribution in [3.05, 3.63) is 54.3 Å². The molecule has 0 aliphatic carbocycles. The Balaban J connectivity index is 2.18. The zero-order valence-electron chi connectivity index (χ0n) is 10.8. The number of phenols is 1. The van der Waals surface area contributed by atoms with Crippen LogP contribution in [0.25, 0.3) is 22.1 Å². The molecule has 20 heavy (non-hydrogen) atoms. The van der Waals surface area contributed by atoms with Crippen molar-refractivity contribution in [1.29, 1.82) is 0 Å². The van der Waals surface area contributed by atoms with Crippen LogP contribution < -0.4 is 0 Å². The molecule has 1 heterocycles. The van der Waals surface area contributed by atoms with Gasteiger partial charge in [0.15, 0.2) is 0 Å². The van der Waals surface area contributed by atoms with Crippen LogP contribution in [0.5, 0.6) is 5.75 Å². The minimum absolute atomic E-state index is 0.175. The van der Waals surface area contributed by atoms with Crippen molar-refractivity contribution >= 4 is 16.9 Å². The van der Waals surface area contributed by atoms with Gasteiger partial charge < -0.3 is 14.3 Å². The number of carbonyl (C=O) groups excluding carboxylic acids is 1. The van der Waals surface area contributed by atoms with Crippen LogP contribution in [0.1, 0.15) is 10.6 Å². The van der Waals surface area contributed by atoms with E-state index in [1.807, 2.05) is 24.3 Å². The monoisotopic (exact) mass is 268 g/mol. The fourth-order valence-corrected chi connectivity index (χ4v) is 2.15. The number of benzene rings is 2. The van der Waals surface area contributed by atoms with Crippen molar-refractivity contribution in [3.63, 3.8) is 0 Å². The molecule has 0 amide bonds. The number of hydrogen-bond acceptors (Lipinski definition) is 4. The van der Waals surface area contributed by atoms with E-state index in [0.717, 1.165) is 16.5 Å². The maximum Gasteiger partial charge on any atom is 0.373 e. The molecule has 0 radical (unpaired) electrons. The first-order valence-corrected chi connectivity index (χ1v) is 6.09. The van der Waals surface area contributed by atoms with Gasteiger partial charge in [0, 0.05) is 5.39 Å². The van der Waals surface area contributed by atoms with Gasteiger partial charge >= 0.3 is 5.97 Å². The van der Waals surface area contributed by atoms with Gasteiger partial charge in [-0.15, -0.1) is 0 Å². The fourth-order valence-electron chi connectivity index (χ4n) is 2.15. The number of furan rings is 1. The molecular weight excluding hydrogens is 256 g/mol. The first-order valence-electron chi connectivity index (χ1n) is 6.09. The van der Waals surface area contributed by atoms with Crippen molar-refractivity contribution in [1.82, 2.24) is 0 Å². The Bertz CT molecular complexity index is 769. The molecule has 100 valence electrons. The predicted molar refractivity (Wildman–Crippen MR) is 74.7 cm³/mol. The molecule has 0 spiro atoms. The summed E-state index contributed by atoms with van der Waals surface area (Å²) in [5, 5.41) is 10.2. The molecule has 0 bridgehead atoms. The Labute approximate surface area is 115 Å². The third kappa shape index (κ3) is 2.01. The molecule has 3 aromatic rings. The lowest BCUT2D eigenvalue weighted by Gasteiger charge is -2.02. The highest BCUT2D eigenvalue weighted by Crippen LogP contribution is 2.31. The summed E-state index contributed by atoms with van der Waals surface area (Å²) in [6, 6.07) is 14.1. The molecular formula is C16H12O4. The maximum atomic E-state index is 11.5. The van der Waals surface area contributed by atoms with Gasteiger partial charge in [0.05, 0.1) is 7.11 Å². The van der Waals surface area contributed by atoms with Crippen molar-refractivity contribution < 1.29 is 19.1 Å². The molecule has 0 atom stereocenters. The van der Waals surface area contributed by atoms with E-state index in [0.29, 0.717) is 5.58 Å². The molecule has 4 nitrogen and oxygen atoms in total. The van der Waals surface area contributed by atoms with Crippen LogP contribution >= 0.6 is 0 Å². The Morgan fingerprint density at radius 3 is 2.60 bits per heavy atom. The zero-order valence-corrected chi connectivity index (χ0v) is 10.8. The van der Waals surface area contributed by atoms with Gasteiger partial charge in [0.1, 0.15) is 11.3 Å². The highest BCUT2D eigenvalue weighted by atomic mass is 16.5. The van der Waals surface area contributed by atoms with Crippen LogP contribution in [0.15, 0.2) is 52.9 Å². The Kier molecular flexibility index (Phi) is 2.91. The Morgan fingerprint density at radius 1 is 1.15 bits per heavy atom. The fraction of sp³-hybridized carbons (Fsp3) is 0.0625. The van der Waals surface area contributed by atoms with E-state index in [2.05, 4.69) is 4.74 Å². The summed E-state index contributed by atoms with van der Waals surface area (Å²) in [4.78, 5) is 11.5. The third-order valence-corrected chi connectivity index (χ3v) is 3.13. The summed E-state index contributed by atoms with van der Waals surface area (Å²) in [5.41, 5.74) is 2.49. The SMILES string of the molecule is COC(=O)c1cc2c(-c3ccc(O)cc3)cccc2o1. The van der Waals surface area contributed by atoms with Gasteiger partial charge in [-0.3, -0.25) is 0 Å². The third-order valence-electron chi connectivity index (χ3n) is 3.13. The minimum atomic E-state index is -0.502. The van der Waals surface area contributed by atoms with Crippen molar-refractivity contribution in [2.24, 2.45) is 0 Å². The molecule has 0 saturated heterocycles. The quantitative estimate of drug-likeness (QED) is 0.721. The van der Waals surface area contributed by atoms with Crippen molar-refractivity contribution in [2.45, 2.75) is 0 Å². The van der Waals surface area contributed by atoms with Gasteiger partial charge in [0.25, 0.3) is 0 Å². The number of hydrogen-bond donors (Lipinski definition) is 1. The number of rotatable bonds is 2. The summed E-state index contributed by atoms with van der Waals surface area (Å²) in [5.74, 6) is -0.116. The normalized spacial score (nSPS) is 10.7. The van der Waals surface area contributed by atoms with Gasteiger partial charge in [0.2, 0.25) is 5.76 Å². The van der Waals surface area contributed by atoms with Gasteiger partial charge in [-0.2, -0.15) is 0 Å². The molecule has 4 heteroatoms. The smallest absolute Gasteiger partial charge is 0.373 e. The Morgan fingerprint density at radius 2 is 1.90 bits per heavy atom. The number of ether oxygens (including phenoxy) is 1. The van der Waals surface area contributed by atoms with Crippen LogP contribution in [-0.4, -0.2) is 18.2 Å². The first kappa shape index (κ1) is 12.3. The number of esters is 1. The lowest BCUT2D eigenvalue weighted by Crippen LogP contribution is -1.97. The summed E-state index contributed by atoms with van der Waals surface area (Å²) in [6.45, 7) is 0. The summed E-state index contributed by atoms with van der Waals surface area (Å²) in [7, 11) is 1.32. The average Bonchev–Trinajstić information content (AvgIpc) is 2.91.